The fourth-order valence-corrected chi connectivity index (χ4v) is 6.38. The smallest absolute Gasteiger partial charge is 0.236 e. The molecule has 5 heterocycles. The van der Waals surface area contributed by atoms with Gasteiger partial charge in [-0.2, -0.15) is 5.26 Å². The minimum Gasteiger partial charge on any atom is -0.389 e. The van der Waals surface area contributed by atoms with Crippen LogP contribution >= 0.6 is 11.3 Å². The van der Waals surface area contributed by atoms with Crippen LogP contribution in [-0.2, 0) is 11.2 Å². The van der Waals surface area contributed by atoms with E-state index in [1.807, 2.05) is 56.3 Å². The van der Waals surface area contributed by atoms with Crippen LogP contribution in [-0.4, -0.2) is 94.1 Å². The number of aromatic nitrogens is 3. The number of β-amino-alcohol motifs (C(OH)–C–C–N with tert-alkyl or cyclic N) is 1. The van der Waals surface area contributed by atoms with E-state index >= 15 is 4.39 Å². The standard InChI is InChI=1S/C30H33FN8O2S/c1-4-24-29(35(3)30-34-27(25(14-32)42-30)20-7-5-19(2)6-8-20)39-15-21(13-23(31)28(39)33-24)37-11-9-36(10-12-37)18-26(41)38-16-22(40)17-38/h5-8,13,15,22,40H,4,9-12,16-18H2,1-3H3. The number of aryl methyl sites for hydroxylation is 2. The molecule has 0 radical (unpaired) electrons. The summed E-state index contributed by atoms with van der Waals surface area (Å²) in [5.74, 6) is 0.336. The lowest BCUT2D eigenvalue weighted by Crippen LogP contribution is -2.57. The highest BCUT2D eigenvalue weighted by atomic mass is 32.1. The first kappa shape index (κ1) is 28.1. The number of carbonyl (C=O) groups excluding carboxylic acids is 1. The number of benzene rings is 1. The zero-order chi connectivity index (χ0) is 29.5. The van der Waals surface area contributed by atoms with Gasteiger partial charge in [0.25, 0.3) is 0 Å². The summed E-state index contributed by atoms with van der Waals surface area (Å²) in [6, 6.07) is 11.7. The molecule has 218 valence electrons. The Kier molecular flexibility index (Phi) is 7.57. The first-order valence-electron chi connectivity index (χ1n) is 14.1. The Balaban J connectivity index is 1.27. The van der Waals surface area contributed by atoms with E-state index in [1.165, 1.54) is 17.4 Å². The van der Waals surface area contributed by atoms with Gasteiger partial charge < -0.3 is 19.8 Å². The molecule has 2 fully saturated rings. The van der Waals surface area contributed by atoms with Crippen molar-refractivity contribution in [2.75, 3.05) is 62.7 Å². The fourth-order valence-electron chi connectivity index (χ4n) is 5.53. The number of hydrogen-bond donors (Lipinski definition) is 1. The molecule has 2 aliphatic rings. The second kappa shape index (κ2) is 11.3. The van der Waals surface area contributed by atoms with E-state index in [9.17, 15) is 15.2 Å². The molecule has 3 aromatic heterocycles. The van der Waals surface area contributed by atoms with Gasteiger partial charge in [-0.3, -0.25) is 14.1 Å². The van der Waals surface area contributed by atoms with Crippen LogP contribution in [0.15, 0.2) is 36.5 Å². The maximum Gasteiger partial charge on any atom is 0.236 e. The second-order valence-corrected chi connectivity index (χ2v) is 11.9. The Labute approximate surface area is 247 Å². The Bertz CT molecular complexity index is 1660. The van der Waals surface area contributed by atoms with Gasteiger partial charge in [0, 0.05) is 64.1 Å². The van der Waals surface area contributed by atoms with Crippen molar-refractivity contribution in [3.05, 3.63) is 58.5 Å². The number of pyridine rings is 1. The molecule has 0 unspecified atom stereocenters. The molecular formula is C30H33FN8O2S. The quantitative estimate of drug-likeness (QED) is 0.350. The number of piperazine rings is 1. The average molecular weight is 589 g/mol. The van der Waals surface area contributed by atoms with E-state index in [-0.39, 0.29) is 11.6 Å². The number of imidazole rings is 1. The topological polar surface area (TPSA) is 104 Å². The maximum atomic E-state index is 15.5. The Hall–Kier alpha value is -4.05. The molecule has 2 saturated heterocycles. The summed E-state index contributed by atoms with van der Waals surface area (Å²) in [6.07, 6.45) is 2.10. The van der Waals surface area contributed by atoms with E-state index in [0.29, 0.717) is 73.8 Å². The highest BCUT2D eigenvalue weighted by Crippen LogP contribution is 2.37. The Morgan fingerprint density at radius 2 is 1.90 bits per heavy atom. The summed E-state index contributed by atoms with van der Waals surface area (Å²) in [5.41, 5.74) is 4.35. The highest BCUT2D eigenvalue weighted by molar-refractivity contribution is 7.16. The Morgan fingerprint density at radius 3 is 2.55 bits per heavy atom. The zero-order valence-corrected chi connectivity index (χ0v) is 24.7. The van der Waals surface area contributed by atoms with Gasteiger partial charge in [-0.05, 0) is 13.3 Å². The lowest BCUT2D eigenvalue weighted by Gasteiger charge is -2.39. The van der Waals surface area contributed by atoms with Gasteiger partial charge in [-0.1, -0.05) is 48.1 Å². The highest BCUT2D eigenvalue weighted by Gasteiger charge is 2.31. The van der Waals surface area contributed by atoms with Crippen LogP contribution in [0.1, 0.15) is 23.1 Å². The lowest BCUT2D eigenvalue weighted by molar-refractivity contribution is -0.142. The largest absolute Gasteiger partial charge is 0.389 e. The molecule has 10 nitrogen and oxygen atoms in total. The number of nitriles is 1. The van der Waals surface area contributed by atoms with Gasteiger partial charge in [0.1, 0.15) is 22.5 Å². The number of halogens is 1. The van der Waals surface area contributed by atoms with Gasteiger partial charge in [-0.25, -0.2) is 14.4 Å². The molecule has 4 aromatic rings. The van der Waals surface area contributed by atoms with Crippen LogP contribution < -0.4 is 9.80 Å². The van der Waals surface area contributed by atoms with Crippen LogP contribution in [0.2, 0.25) is 0 Å². The van der Waals surface area contributed by atoms with Gasteiger partial charge in [0.05, 0.1) is 24.0 Å². The number of fused-ring (bicyclic) bond motifs is 1. The molecule has 1 aromatic carbocycles. The number of aliphatic hydroxyl groups excluding tert-OH is 1. The summed E-state index contributed by atoms with van der Waals surface area (Å²) in [7, 11) is 1.87. The van der Waals surface area contributed by atoms with Crippen molar-refractivity contribution in [3.63, 3.8) is 0 Å². The first-order valence-corrected chi connectivity index (χ1v) is 14.9. The molecule has 2 aliphatic heterocycles. The van der Waals surface area contributed by atoms with Gasteiger partial charge in [0.2, 0.25) is 5.91 Å². The summed E-state index contributed by atoms with van der Waals surface area (Å²) in [4.78, 5) is 30.2. The molecule has 0 spiro atoms. The average Bonchev–Trinajstić information content (AvgIpc) is 3.58. The summed E-state index contributed by atoms with van der Waals surface area (Å²) in [6.45, 7) is 7.80. The third kappa shape index (κ3) is 5.19. The molecule has 6 rings (SSSR count). The summed E-state index contributed by atoms with van der Waals surface area (Å²) >= 11 is 1.30. The van der Waals surface area contributed by atoms with Crippen molar-refractivity contribution >= 4 is 39.5 Å². The van der Waals surface area contributed by atoms with Gasteiger partial charge in [0.15, 0.2) is 16.6 Å². The van der Waals surface area contributed by atoms with Crippen molar-refractivity contribution in [1.82, 2.24) is 24.2 Å². The van der Waals surface area contributed by atoms with Crippen LogP contribution in [0.25, 0.3) is 16.9 Å². The van der Waals surface area contributed by atoms with Crippen molar-refractivity contribution in [2.24, 2.45) is 0 Å². The molecule has 0 saturated carbocycles. The van der Waals surface area contributed by atoms with Crippen molar-refractivity contribution in [3.8, 4) is 17.3 Å². The number of likely N-dealkylation sites (tertiary alicyclic amines) is 1. The van der Waals surface area contributed by atoms with E-state index in [4.69, 9.17) is 4.98 Å². The van der Waals surface area contributed by atoms with E-state index in [0.717, 1.165) is 22.5 Å². The second-order valence-electron chi connectivity index (χ2n) is 10.9. The van der Waals surface area contributed by atoms with Crippen LogP contribution in [0.5, 0.6) is 0 Å². The van der Waals surface area contributed by atoms with Gasteiger partial charge in [-0.15, -0.1) is 0 Å². The van der Waals surface area contributed by atoms with Crippen molar-refractivity contribution in [2.45, 2.75) is 26.4 Å². The van der Waals surface area contributed by atoms with Crippen LogP contribution in [0, 0.1) is 24.1 Å². The number of thiazole rings is 1. The Morgan fingerprint density at radius 1 is 1.19 bits per heavy atom. The number of hydrogen-bond acceptors (Lipinski definition) is 9. The van der Waals surface area contributed by atoms with Crippen molar-refractivity contribution in [1.29, 1.82) is 5.26 Å². The zero-order valence-electron chi connectivity index (χ0n) is 23.9. The molecule has 0 atom stereocenters. The minimum atomic E-state index is -0.409. The molecule has 1 N–H and O–H groups in total. The van der Waals surface area contributed by atoms with E-state index in [1.54, 1.807) is 9.30 Å². The van der Waals surface area contributed by atoms with Gasteiger partial charge >= 0.3 is 0 Å². The fraction of sp³-hybridized carbons (Fsp3) is 0.400. The minimum absolute atomic E-state index is 0.0340. The monoisotopic (exact) mass is 588 g/mol. The van der Waals surface area contributed by atoms with Crippen LogP contribution in [0.3, 0.4) is 0 Å². The molecule has 12 heteroatoms. The van der Waals surface area contributed by atoms with E-state index in [2.05, 4.69) is 20.9 Å². The molecule has 0 bridgehead atoms. The predicted octanol–water partition coefficient (Wildman–Crippen LogP) is 3.43. The SMILES string of the molecule is CCc1nc2c(F)cc(N3CCN(CC(=O)N4CC(O)C4)CC3)cn2c1N(C)c1nc(-c2ccc(C)cc2)c(C#N)s1. The van der Waals surface area contributed by atoms with Crippen LogP contribution in [0.4, 0.5) is 21.0 Å². The molecule has 42 heavy (non-hydrogen) atoms. The number of anilines is 3. The number of carbonyl (C=O) groups is 1. The molecule has 1 amide bonds. The number of aliphatic hydroxyl groups is 1. The third-order valence-electron chi connectivity index (χ3n) is 8.00. The third-order valence-corrected chi connectivity index (χ3v) is 9.03. The number of amides is 1. The normalized spacial score (nSPS) is 16.1. The molecular weight excluding hydrogens is 555 g/mol. The van der Waals surface area contributed by atoms with E-state index < -0.39 is 11.9 Å². The maximum absolute atomic E-state index is 15.5. The lowest BCUT2D eigenvalue weighted by atomic mass is 10.1. The summed E-state index contributed by atoms with van der Waals surface area (Å²) < 4.78 is 17.3. The first-order chi connectivity index (χ1) is 20.2. The summed E-state index contributed by atoms with van der Waals surface area (Å²) in [5, 5.41) is 20.0. The predicted molar refractivity (Wildman–Crippen MR) is 161 cm³/mol. The number of rotatable bonds is 7. The molecule has 0 aliphatic carbocycles. The number of nitrogens with zero attached hydrogens (tertiary/aromatic N) is 8. The van der Waals surface area contributed by atoms with Crippen molar-refractivity contribution < 1.29 is 14.3 Å².